The lowest BCUT2D eigenvalue weighted by atomic mass is 9.82. The van der Waals surface area contributed by atoms with Crippen molar-refractivity contribution < 1.29 is 18.7 Å². The van der Waals surface area contributed by atoms with Gasteiger partial charge in [-0.05, 0) is 60.8 Å². The molecular formula is C31H32Cl2FN3O3. The molecule has 1 spiro atoms. The molecule has 0 aliphatic carbocycles. The fourth-order valence-electron chi connectivity index (χ4n) is 5.67. The highest BCUT2D eigenvalue weighted by molar-refractivity contribution is 6.42. The molecule has 3 aromatic carbocycles. The Morgan fingerprint density at radius 3 is 2.55 bits per heavy atom. The molecule has 2 amide bonds. The molecule has 1 N–H and O–H groups in total. The number of ether oxygens (including phenoxy) is 1. The number of carbonyl (C=O) groups is 2. The number of carbonyl (C=O) groups excluding carboxylic acids is 2. The summed E-state index contributed by atoms with van der Waals surface area (Å²) in [6.45, 7) is 2.56. The van der Waals surface area contributed by atoms with Gasteiger partial charge in [0.1, 0.15) is 11.4 Å². The average molecular weight is 585 g/mol. The highest BCUT2D eigenvalue weighted by atomic mass is 35.5. The predicted molar refractivity (Wildman–Crippen MR) is 155 cm³/mol. The van der Waals surface area contributed by atoms with Crippen LogP contribution in [0.5, 0.6) is 0 Å². The van der Waals surface area contributed by atoms with E-state index in [-0.39, 0.29) is 11.7 Å². The van der Waals surface area contributed by atoms with Crippen molar-refractivity contribution >= 4 is 40.9 Å². The van der Waals surface area contributed by atoms with Crippen LogP contribution in [0.4, 0.5) is 14.9 Å². The minimum absolute atomic E-state index is 0.0273. The van der Waals surface area contributed by atoms with E-state index >= 15 is 0 Å². The summed E-state index contributed by atoms with van der Waals surface area (Å²) in [7, 11) is 1.84. The van der Waals surface area contributed by atoms with Crippen molar-refractivity contribution in [1.82, 2.24) is 9.80 Å². The Kier molecular flexibility index (Phi) is 8.64. The van der Waals surface area contributed by atoms with Gasteiger partial charge in [0, 0.05) is 45.1 Å². The zero-order chi connectivity index (χ0) is 28.3. The quantitative estimate of drug-likeness (QED) is 0.314. The van der Waals surface area contributed by atoms with Crippen LogP contribution in [0, 0.1) is 5.82 Å². The van der Waals surface area contributed by atoms with Crippen molar-refractivity contribution in [3.63, 3.8) is 0 Å². The number of amides is 2. The summed E-state index contributed by atoms with van der Waals surface area (Å²) in [5.41, 5.74) is 2.42. The molecule has 210 valence electrons. The van der Waals surface area contributed by atoms with Gasteiger partial charge in [-0.3, -0.25) is 10.1 Å². The second-order valence-corrected chi connectivity index (χ2v) is 11.4. The molecule has 0 bridgehead atoms. The average Bonchev–Trinajstić information content (AvgIpc) is 2.95. The first-order valence-corrected chi connectivity index (χ1v) is 14.3. The van der Waals surface area contributed by atoms with Crippen molar-refractivity contribution in [1.29, 1.82) is 0 Å². The molecular weight excluding hydrogens is 552 g/mol. The molecule has 1 unspecified atom stereocenters. The molecule has 6 nitrogen and oxygen atoms in total. The molecule has 0 aromatic heterocycles. The third kappa shape index (κ3) is 6.27. The van der Waals surface area contributed by atoms with Gasteiger partial charge in [0.25, 0.3) is 0 Å². The van der Waals surface area contributed by atoms with Gasteiger partial charge in [-0.2, -0.15) is 0 Å². The highest BCUT2D eigenvalue weighted by Crippen LogP contribution is 2.44. The maximum Gasteiger partial charge on any atom is 0.412 e. The van der Waals surface area contributed by atoms with E-state index in [1.807, 2.05) is 31.3 Å². The predicted octanol–water partition coefficient (Wildman–Crippen LogP) is 6.86. The molecule has 5 rings (SSSR count). The maximum absolute atomic E-state index is 14.1. The lowest BCUT2D eigenvalue weighted by molar-refractivity contribution is -0.131. The van der Waals surface area contributed by atoms with Crippen molar-refractivity contribution in [2.45, 2.75) is 37.2 Å². The largest absolute Gasteiger partial charge is 0.438 e. The Bertz CT molecular complexity index is 1380. The highest BCUT2D eigenvalue weighted by Gasteiger charge is 2.44. The molecule has 1 atom stereocenters. The van der Waals surface area contributed by atoms with Crippen LogP contribution in [0.2, 0.25) is 10.0 Å². The number of benzene rings is 3. The molecule has 1 saturated heterocycles. The molecule has 2 aliphatic rings. The summed E-state index contributed by atoms with van der Waals surface area (Å²) in [6, 6.07) is 19.9. The smallest absolute Gasteiger partial charge is 0.412 e. The van der Waals surface area contributed by atoms with Gasteiger partial charge in [-0.25, -0.2) is 9.18 Å². The first kappa shape index (κ1) is 28.4. The number of hydrogen-bond donors (Lipinski definition) is 1. The van der Waals surface area contributed by atoms with Gasteiger partial charge in [0.05, 0.1) is 21.7 Å². The van der Waals surface area contributed by atoms with Crippen molar-refractivity contribution in [2.75, 3.05) is 38.5 Å². The fraction of sp³-hybridized carbons (Fsp3) is 0.355. The molecule has 1 fully saturated rings. The molecule has 3 aromatic rings. The number of rotatable bonds is 8. The van der Waals surface area contributed by atoms with Gasteiger partial charge in [0.2, 0.25) is 5.91 Å². The van der Waals surface area contributed by atoms with Crippen LogP contribution in [0.25, 0.3) is 0 Å². The van der Waals surface area contributed by atoms with Crippen LogP contribution >= 0.6 is 23.2 Å². The first-order chi connectivity index (χ1) is 19.2. The van der Waals surface area contributed by atoms with Crippen LogP contribution in [0.15, 0.2) is 66.7 Å². The molecule has 2 heterocycles. The standard InChI is InChI=1S/C31H32Cl2FN3O3/c1-36(15-11-21-5-3-2-4-6-21)29(38)24(22-7-9-26(32)27(33)19-22)12-16-37-17-13-31(14-18-37)25-20-23(34)8-10-28(25)35-30(39)40-31/h2-10,19-20,24H,11-18H2,1H3,(H,35,39). The Morgan fingerprint density at radius 2 is 1.82 bits per heavy atom. The summed E-state index contributed by atoms with van der Waals surface area (Å²) in [4.78, 5) is 30.0. The van der Waals surface area contributed by atoms with E-state index in [0.717, 1.165) is 12.0 Å². The van der Waals surface area contributed by atoms with Gasteiger partial charge in [0.15, 0.2) is 0 Å². The first-order valence-electron chi connectivity index (χ1n) is 13.5. The number of nitrogens with zero attached hydrogens (tertiary/aromatic N) is 2. The summed E-state index contributed by atoms with van der Waals surface area (Å²) in [6.07, 6.45) is 1.92. The van der Waals surface area contributed by atoms with E-state index in [1.165, 1.54) is 17.7 Å². The SMILES string of the molecule is CN(CCc1ccccc1)C(=O)C(CCN1CCC2(CC1)OC(=O)Nc1ccc(F)cc12)c1ccc(Cl)c(Cl)c1. The molecule has 40 heavy (non-hydrogen) atoms. The summed E-state index contributed by atoms with van der Waals surface area (Å²) in [5.74, 6) is -0.725. The van der Waals surface area contributed by atoms with Gasteiger partial charge in [-0.15, -0.1) is 0 Å². The van der Waals surface area contributed by atoms with Crippen LogP contribution in [0.3, 0.4) is 0 Å². The maximum atomic E-state index is 14.1. The third-order valence-corrected chi connectivity index (χ3v) is 8.73. The minimum Gasteiger partial charge on any atom is -0.438 e. The van der Waals surface area contributed by atoms with Crippen LogP contribution in [-0.4, -0.2) is 55.0 Å². The summed E-state index contributed by atoms with van der Waals surface area (Å²) in [5, 5.41) is 3.54. The van der Waals surface area contributed by atoms with E-state index in [4.69, 9.17) is 27.9 Å². The third-order valence-electron chi connectivity index (χ3n) is 7.99. The second kappa shape index (κ2) is 12.2. The van der Waals surface area contributed by atoms with Gasteiger partial charge >= 0.3 is 6.09 Å². The summed E-state index contributed by atoms with van der Waals surface area (Å²) >= 11 is 12.5. The van der Waals surface area contributed by atoms with E-state index < -0.39 is 17.6 Å². The number of hydrogen-bond acceptors (Lipinski definition) is 4. The van der Waals surface area contributed by atoms with E-state index in [0.29, 0.717) is 66.7 Å². The Balaban J connectivity index is 1.27. The molecule has 0 saturated carbocycles. The number of fused-ring (bicyclic) bond motifs is 2. The number of anilines is 1. The number of halogens is 3. The van der Waals surface area contributed by atoms with Crippen LogP contribution in [0.1, 0.15) is 41.9 Å². The number of nitrogens with one attached hydrogen (secondary N) is 1. The van der Waals surface area contributed by atoms with Gasteiger partial charge in [-0.1, -0.05) is 59.6 Å². The van der Waals surface area contributed by atoms with E-state index in [1.54, 1.807) is 23.1 Å². The molecule has 0 radical (unpaired) electrons. The van der Waals surface area contributed by atoms with Crippen molar-refractivity contribution in [2.24, 2.45) is 0 Å². The topological polar surface area (TPSA) is 61.9 Å². The second-order valence-electron chi connectivity index (χ2n) is 10.6. The number of likely N-dealkylation sites (N-methyl/N-ethyl adjacent to an activating group) is 1. The molecule has 9 heteroatoms. The van der Waals surface area contributed by atoms with E-state index in [9.17, 15) is 14.0 Å². The normalized spacial score (nSPS) is 17.1. The van der Waals surface area contributed by atoms with Crippen LogP contribution < -0.4 is 5.32 Å². The summed E-state index contributed by atoms with van der Waals surface area (Å²) < 4.78 is 19.9. The lowest BCUT2D eigenvalue weighted by Crippen LogP contribution is -2.48. The Labute approximate surface area is 244 Å². The monoisotopic (exact) mass is 583 g/mol. The van der Waals surface area contributed by atoms with Crippen molar-refractivity contribution in [3.8, 4) is 0 Å². The number of likely N-dealkylation sites (tertiary alicyclic amines) is 1. The zero-order valence-electron chi connectivity index (χ0n) is 22.3. The molecule has 2 aliphatic heterocycles. The lowest BCUT2D eigenvalue weighted by Gasteiger charge is -2.44. The minimum atomic E-state index is -0.854. The van der Waals surface area contributed by atoms with Gasteiger partial charge < -0.3 is 14.5 Å². The van der Waals surface area contributed by atoms with E-state index in [2.05, 4.69) is 22.3 Å². The van der Waals surface area contributed by atoms with Crippen LogP contribution in [-0.2, 0) is 21.6 Å². The van der Waals surface area contributed by atoms with Crippen molar-refractivity contribution in [3.05, 3.63) is 99.3 Å². The zero-order valence-corrected chi connectivity index (χ0v) is 23.8. The Morgan fingerprint density at radius 1 is 1.07 bits per heavy atom. The Hall–Kier alpha value is -3.13. The number of piperidine rings is 1. The fourth-order valence-corrected chi connectivity index (χ4v) is 5.98.